The molecule has 3 heteroatoms. The largest absolute Gasteiger partial charge is 0.493 e. The molecule has 0 heterocycles. The van der Waals surface area contributed by atoms with Gasteiger partial charge in [0.1, 0.15) is 0 Å². The second-order valence-electron chi connectivity index (χ2n) is 6.22. The molecule has 1 aromatic rings. The summed E-state index contributed by atoms with van der Waals surface area (Å²) in [5.74, 6) is 1.87. The molecule has 0 aliphatic heterocycles. The average Bonchev–Trinajstić information content (AvgIpc) is 2.50. The Morgan fingerprint density at radius 2 is 1.71 bits per heavy atom. The van der Waals surface area contributed by atoms with Crippen molar-refractivity contribution in [2.24, 2.45) is 0 Å². The zero-order valence-electron chi connectivity index (χ0n) is 13.2. The van der Waals surface area contributed by atoms with Crippen LogP contribution in [0.25, 0.3) is 0 Å². The van der Waals surface area contributed by atoms with Gasteiger partial charge in [0.15, 0.2) is 17.3 Å². The highest BCUT2D eigenvalue weighted by Gasteiger charge is 2.41. The van der Waals surface area contributed by atoms with Gasteiger partial charge in [-0.25, -0.2) is 0 Å². The molecular weight excluding hydrogens is 264 g/mol. The molecule has 3 rings (SSSR count). The molecule has 0 N–H and O–H groups in total. The Morgan fingerprint density at radius 1 is 1.05 bits per heavy atom. The number of Topliss-reactive ketones (excluding diaryl/α,β-unsaturated/α-hetero) is 1. The van der Waals surface area contributed by atoms with E-state index in [0.717, 1.165) is 36.3 Å². The summed E-state index contributed by atoms with van der Waals surface area (Å²) in [6.07, 6.45) is 3.46. The molecule has 112 valence electrons. The van der Waals surface area contributed by atoms with E-state index in [4.69, 9.17) is 9.47 Å². The molecule has 2 aliphatic rings. The number of rotatable bonds is 2. The smallest absolute Gasteiger partial charge is 0.161 e. The molecule has 3 nitrogen and oxygen atoms in total. The highest BCUT2D eigenvalue weighted by Crippen LogP contribution is 2.50. The Bertz CT molecular complexity index is 642. The number of hydrogen-bond acceptors (Lipinski definition) is 3. The molecule has 0 saturated carbocycles. The van der Waals surface area contributed by atoms with Crippen LogP contribution in [0.15, 0.2) is 23.3 Å². The molecule has 1 atom stereocenters. The summed E-state index contributed by atoms with van der Waals surface area (Å²) in [5, 5.41) is 0. The molecule has 0 aromatic heterocycles. The summed E-state index contributed by atoms with van der Waals surface area (Å²) in [5.41, 5.74) is 4.88. The van der Waals surface area contributed by atoms with Crippen LogP contribution >= 0.6 is 0 Å². The summed E-state index contributed by atoms with van der Waals surface area (Å²) in [4.78, 5) is 12.0. The van der Waals surface area contributed by atoms with Crippen molar-refractivity contribution in [3.05, 3.63) is 34.4 Å². The fraction of sp³-hybridized carbons (Fsp3) is 0.500. The quantitative estimate of drug-likeness (QED) is 0.833. The monoisotopic (exact) mass is 286 g/mol. The molecule has 0 spiro atoms. The van der Waals surface area contributed by atoms with Crippen LogP contribution in [0.1, 0.15) is 44.2 Å². The lowest BCUT2D eigenvalue weighted by atomic mass is 9.61. The third kappa shape index (κ3) is 1.98. The van der Waals surface area contributed by atoms with Crippen molar-refractivity contribution in [1.29, 1.82) is 0 Å². The van der Waals surface area contributed by atoms with Gasteiger partial charge in [0.2, 0.25) is 0 Å². The summed E-state index contributed by atoms with van der Waals surface area (Å²) >= 11 is 0. The second-order valence-corrected chi connectivity index (χ2v) is 6.22. The van der Waals surface area contributed by atoms with Gasteiger partial charge in [-0.05, 0) is 55.0 Å². The van der Waals surface area contributed by atoms with Gasteiger partial charge in [-0.1, -0.05) is 12.5 Å². The number of carbonyl (C=O) groups excluding carboxylic acids is 1. The first-order valence-electron chi connectivity index (χ1n) is 7.50. The van der Waals surface area contributed by atoms with Crippen LogP contribution in [0, 0.1) is 0 Å². The van der Waals surface area contributed by atoms with Crippen molar-refractivity contribution in [1.82, 2.24) is 0 Å². The van der Waals surface area contributed by atoms with E-state index in [9.17, 15) is 4.79 Å². The molecule has 0 saturated heterocycles. The predicted octanol–water partition coefficient (Wildman–Crippen LogP) is 3.59. The molecule has 0 radical (unpaired) electrons. The van der Waals surface area contributed by atoms with Crippen molar-refractivity contribution in [2.45, 2.75) is 44.9 Å². The van der Waals surface area contributed by atoms with E-state index < -0.39 is 0 Å². The van der Waals surface area contributed by atoms with Gasteiger partial charge >= 0.3 is 0 Å². The van der Waals surface area contributed by atoms with Crippen molar-refractivity contribution >= 4 is 5.78 Å². The van der Waals surface area contributed by atoms with Crippen LogP contribution in [-0.2, 0) is 16.6 Å². The Balaban J connectivity index is 2.21. The lowest BCUT2D eigenvalue weighted by Crippen LogP contribution is -2.36. The number of hydrogen-bond donors (Lipinski definition) is 0. The Kier molecular flexibility index (Phi) is 3.31. The first kappa shape index (κ1) is 14.2. The Labute approximate surface area is 125 Å². The maximum absolute atomic E-state index is 12.0. The Morgan fingerprint density at radius 3 is 2.38 bits per heavy atom. The molecule has 0 amide bonds. The van der Waals surface area contributed by atoms with E-state index in [-0.39, 0.29) is 5.41 Å². The van der Waals surface area contributed by atoms with Crippen molar-refractivity contribution in [3.63, 3.8) is 0 Å². The minimum Gasteiger partial charge on any atom is -0.493 e. The number of allylic oxidation sites excluding steroid dienone is 2. The number of aryl methyl sites for hydroxylation is 1. The van der Waals surface area contributed by atoms with E-state index in [1.165, 1.54) is 16.7 Å². The third-order valence-corrected chi connectivity index (χ3v) is 5.24. The van der Waals surface area contributed by atoms with Crippen LogP contribution in [0.2, 0.25) is 0 Å². The van der Waals surface area contributed by atoms with Crippen molar-refractivity contribution in [3.8, 4) is 11.5 Å². The van der Waals surface area contributed by atoms with Gasteiger partial charge in [-0.2, -0.15) is 0 Å². The maximum atomic E-state index is 12.0. The van der Waals surface area contributed by atoms with Gasteiger partial charge in [-0.15, -0.1) is 0 Å². The van der Waals surface area contributed by atoms with Crippen molar-refractivity contribution < 1.29 is 14.3 Å². The van der Waals surface area contributed by atoms with E-state index in [0.29, 0.717) is 12.2 Å². The number of methoxy groups -OCH3 is 2. The number of ether oxygens (including phenoxy) is 2. The van der Waals surface area contributed by atoms with Crippen LogP contribution in [-0.4, -0.2) is 20.0 Å². The highest BCUT2D eigenvalue weighted by atomic mass is 16.5. The molecule has 1 aromatic carbocycles. The second kappa shape index (κ2) is 4.90. The molecule has 21 heavy (non-hydrogen) atoms. The summed E-state index contributed by atoms with van der Waals surface area (Å²) in [6, 6.07) is 4.21. The van der Waals surface area contributed by atoms with E-state index in [2.05, 4.69) is 19.1 Å². The third-order valence-electron chi connectivity index (χ3n) is 5.24. The van der Waals surface area contributed by atoms with Crippen molar-refractivity contribution in [2.75, 3.05) is 14.2 Å². The fourth-order valence-electron chi connectivity index (χ4n) is 3.95. The summed E-state index contributed by atoms with van der Waals surface area (Å²) in [6.45, 7) is 4.25. The predicted molar refractivity (Wildman–Crippen MR) is 82.2 cm³/mol. The van der Waals surface area contributed by atoms with Gasteiger partial charge in [0.25, 0.3) is 0 Å². The molecule has 0 fully saturated rings. The summed E-state index contributed by atoms with van der Waals surface area (Å²) in [7, 11) is 3.34. The highest BCUT2D eigenvalue weighted by molar-refractivity contribution is 5.97. The van der Waals surface area contributed by atoms with Gasteiger partial charge < -0.3 is 9.47 Å². The van der Waals surface area contributed by atoms with Gasteiger partial charge in [0, 0.05) is 11.8 Å². The number of benzene rings is 1. The van der Waals surface area contributed by atoms with Crippen LogP contribution < -0.4 is 9.47 Å². The van der Waals surface area contributed by atoms with E-state index in [1.54, 1.807) is 14.2 Å². The number of fused-ring (bicyclic) bond motifs is 3. The first-order valence-corrected chi connectivity index (χ1v) is 7.50. The number of ketones is 1. The molecular formula is C18H22O3. The minimum absolute atomic E-state index is 0.0366. The SMILES string of the molecule is COc1cc2c(cc1OC)C1(C)CCC(=O)C(C)=C1CC2. The first-order chi connectivity index (χ1) is 10.0. The van der Waals surface area contributed by atoms with E-state index in [1.807, 2.05) is 6.92 Å². The Hall–Kier alpha value is -1.77. The van der Waals surface area contributed by atoms with E-state index >= 15 is 0 Å². The van der Waals surface area contributed by atoms with Crippen LogP contribution in [0.5, 0.6) is 11.5 Å². The molecule has 1 unspecified atom stereocenters. The maximum Gasteiger partial charge on any atom is 0.161 e. The lowest BCUT2D eigenvalue weighted by Gasteiger charge is -2.42. The normalized spacial score (nSPS) is 24.5. The van der Waals surface area contributed by atoms with Crippen LogP contribution in [0.4, 0.5) is 0 Å². The molecule has 2 aliphatic carbocycles. The zero-order valence-corrected chi connectivity index (χ0v) is 13.2. The lowest BCUT2D eigenvalue weighted by molar-refractivity contribution is -0.116. The molecule has 0 bridgehead atoms. The van der Waals surface area contributed by atoms with Gasteiger partial charge in [0.05, 0.1) is 14.2 Å². The topological polar surface area (TPSA) is 35.5 Å². The fourth-order valence-corrected chi connectivity index (χ4v) is 3.95. The van der Waals surface area contributed by atoms with Crippen LogP contribution in [0.3, 0.4) is 0 Å². The average molecular weight is 286 g/mol. The zero-order chi connectivity index (χ0) is 15.2. The summed E-state index contributed by atoms with van der Waals surface area (Å²) < 4.78 is 10.9. The van der Waals surface area contributed by atoms with Gasteiger partial charge in [-0.3, -0.25) is 4.79 Å². The standard InChI is InChI=1S/C18H22O3/c1-11-13-6-5-12-9-16(20-3)17(21-4)10-14(12)18(13,2)8-7-15(11)19/h9-10H,5-8H2,1-4H3. The number of carbonyl (C=O) groups is 1. The minimum atomic E-state index is -0.0366.